The van der Waals surface area contributed by atoms with Crippen LogP contribution in [0.1, 0.15) is 11.4 Å². The monoisotopic (exact) mass is 246 g/mol. The van der Waals surface area contributed by atoms with Crippen molar-refractivity contribution in [3.8, 4) is 0 Å². The maximum absolute atomic E-state index is 4.26. The first-order chi connectivity index (χ1) is 8.63. The van der Waals surface area contributed by atoms with Crippen LogP contribution in [0.5, 0.6) is 0 Å². The number of hydrogen-bond donors (Lipinski definition) is 2. The SMILES string of the molecule is Cc1ccnc(Nc2ncc(CCN(C)C)[nH]2)n1. The number of rotatable bonds is 5. The van der Waals surface area contributed by atoms with Crippen molar-refractivity contribution in [3.05, 3.63) is 29.8 Å². The number of nitrogens with one attached hydrogen (secondary N) is 2. The maximum Gasteiger partial charge on any atom is 0.229 e. The number of aromatic nitrogens is 4. The number of aryl methyl sites for hydroxylation is 1. The van der Waals surface area contributed by atoms with Crippen LogP contribution < -0.4 is 5.32 Å². The Hall–Kier alpha value is -1.95. The summed E-state index contributed by atoms with van der Waals surface area (Å²) < 4.78 is 0. The van der Waals surface area contributed by atoms with Gasteiger partial charge in [-0.15, -0.1) is 0 Å². The average Bonchev–Trinajstić information content (AvgIpc) is 2.74. The average molecular weight is 246 g/mol. The summed E-state index contributed by atoms with van der Waals surface area (Å²) in [5, 5.41) is 3.05. The zero-order chi connectivity index (χ0) is 13.0. The van der Waals surface area contributed by atoms with Crippen LogP contribution >= 0.6 is 0 Å². The van der Waals surface area contributed by atoms with Crippen molar-refractivity contribution in [1.82, 2.24) is 24.8 Å². The van der Waals surface area contributed by atoms with Crippen LogP contribution in [0.25, 0.3) is 0 Å². The summed E-state index contributed by atoms with van der Waals surface area (Å²) in [7, 11) is 4.10. The summed E-state index contributed by atoms with van der Waals surface area (Å²) in [6.45, 7) is 2.92. The quantitative estimate of drug-likeness (QED) is 0.833. The Morgan fingerprint density at radius 3 is 2.89 bits per heavy atom. The van der Waals surface area contributed by atoms with E-state index in [1.54, 1.807) is 6.20 Å². The van der Waals surface area contributed by atoms with E-state index < -0.39 is 0 Å². The molecule has 0 radical (unpaired) electrons. The molecule has 0 bridgehead atoms. The van der Waals surface area contributed by atoms with Gasteiger partial charge in [0.2, 0.25) is 11.9 Å². The van der Waals surface area contributed by atoms with E-state index in [-0.39, 0.29) is 0 Å². The third-order valence-electron chi connectivity index (χ3n) is 2.48. The zero-order valence-corrected chi connectivity index (χ0v) is 10.9. The smallest absolute Gasteiger partial charge is 0.229 e. The highest BCUT2D eigenvalue weighted by Crippen LogP contribution is 2.09. The highest BCUT2D eigenvalue weighted by molar-refractivity contribution is 5.42. The van der Waals surface area contributed by atoms with Gasteiger partial charge in [-0.3, -0.25) is 5.32 Å². The highest BCUT2D eigenvalue weighted by atomic mass is 15.2. The Labute approximate surface area is 106 Å². The van der Waals surface area contributed by atoms with E-state index in [4.69, 9.17) is 0 Å². The predicted molar refractivity (Wildman–Crippen MR) is 70.9 cm³/mol. The number of anilines is 2. The van der Waals surface area contributed by atoms with Gasteiger partial charge in [0.05, 0.1) is 6.20 Å². The Balaban J connectivity index is 1.98. The number of H-pyrrole nitrogens is 1. The van der Waals surface area contributed by atoms with Crippen LogP contribution in [0, 0.1) is 6.92 Å². The summed E-state index contributed by atoms with van der Waals surface area (Å²) in [5.74, 6) is 1.23. The fraction of sp³-hybridized carbons (Fsp3) is 0.417. The van der Waals surface area contributed by atoms with Crippen molar-refractivity contribution in [2.45, 2.75) is 13.3 Å². The van der Waals surface area contributed by atoms with Crippen LogP contribution in [-0.2, 0) is 6.42 Å². The normalized spacial score (nSPS) is 10.9. The van der Waals surface area contributed by atoms with E-state index in [1.807, 2.05) is 19.2 Å². The van der Waals surface area contributed by atoms with Crippen LogP contribution in [0.15, 0.2) is 18.5 Å². The van der Waals surface area contributed by atoms with Crippen LogP contribution in [0.2, 0.25) is 0 Å². The van der Waals surface area contributed by atoms with E-state index >= 15 is 0 Å². The Morgan fingerprint density at radius 2 is 2.17 bits per heavy atom. The lowest BCUT2D eigenvalue weighted by molar-refractivity contribution is 0.412. The summed E-state index contributed by atoms with van der Waals surface area (Å²) in [4.78, 5) is 18.0. The standard InChI is InChI=1S/C12H18N6/c1-9-4-6-13-11(15-9)17-12-14-8-10(16-12)5-7-18(2)3/h4,6,8H,5,7H2,1-3H3,(H2,13,14,15,16,17). The predicted octanol–water partition coefficient (Wildman–Crippen LogP) is 1.36. The van der Waals surface area contributed by atoms with Gasteiger partial charge in [0.25, 0.3) is 0 Å². The lowest BCUT2D eigenvalue weighted by Crippen LogP contribution is -2.15. The minimum absolute atomic E-state index is 0.559. The molecule has 0 fully saturated rings. The number of aromatic amines is 1. The largest absolute Gasteiger partial charge is 0.328 e. The summed E-state index contributed by atoms with van der Waals surface area (Å²) in [6.07, 6.45) is 4.50. The Bertz CT molecular complexity index is 505. The first kappa shape index (κ1) is 12.5. The molecule has 0 amide bonds. The van der Waals surface area contributed by atoms with Gasteiger partial charge >= 0.3 is 0 Å². The molecule has 6 heteroatoms. The topological polar surface area (TPSA) is 69.7 Å². The van der Waals surface area contributed by atoms with E-state index in [0.717, 1.165) is 24.4 Å². The van der Waals surface area contributed by atoms with Gasteiger partial charge < -0.3 is 9.88 Å². The van der Waals surface area contributed by atoms with Crippen LogP contribution in [0.3, 0.4) is 0 Å². The van der Waals surface area contributed by atoms with Gasteiger partial charge in [0, 0.05) is 30.6 Å². The molecule has 0 aliphatic carbocycles. The molecule has 0 saturated carbocycles. The Morgan fingerprint density at radius 1 is 1.33 bits per heavy atom. The third kappa shape index (κ3) is 3.53. The van der Waals surface area contributed by atoms with E-state index in [9.17, 15) is 0 Å². The van der Waals surface area contributed by atoms with Gasteiger partial charge in [-0.1, -0.05) is 0 Å². The molecule has 6 nitrogen and oxygen atoms in total. The van der Waals surface area contributed by atoms with Crippen molar-refractivity contribution in [2.75, 3.05) is 26.0 Å². The maximum atomic E-state index is 4.26. The molecule has 2 N–H and O–H groups in total. The lowest BCUT2D eigenvalue weighted by atomic mass is 10.3. The van der Waals surface area contributed by atoms with Gasteiger partial charge in [0.1, 0.15) is 0 Å². The van der Waals surface area contributed by atoms with Crippen LogP contribution in [-0.4, -0.2) is 45.5 Å². The van der Waals surface area contributed by atoms with Gasteiger partial charge in [-0.25, -0.2) is 15.0 Å². The summed E-state index contributed by atoms with van der Waals surface area (Å²) >= 11 is 0. The molecule has 2 aromatic heterocycles. The first-order valence-electron chi connectivity index (χ1n) is 5.89. The second-order valence-corrected chi connectivity index (χ2v) is 4.46. The van der Waals surface area contributed by atoms with Crippen molar-refractivity contribution < 1.29 is 0 Å². The van der Waals surface area contributed by atoms with E-state index in [0.29, 0.717) is 11.9 Å². The molecule has 96 valence electrons. The summed E-state index contributed by atoms with van der Waals surface area (Å²) in [6, 6.07) is 1.86. The molecule has 18 heavy (non-hydrogen) atoms. The lowest BCUT2D eigenvalue weighted by Gasteiger charge is -2.07. The fourth-order valence-electron chi connectivity index (χ4n) is 1.51. The third-order valence-corrected chi connectivity index (χ3v) is 2.48. The molecule has 0 aromatic carbocycles. The summed E-state index contributed by atoms with van der Waals surface area (Å²) in [5.41, 5.74) is 2.02. The van der Waals surface area contributed by atoms with E-state index in [1.165, 1.54) is 0 Å². The van der Waals surface area contributed by atoms with Crippen molar-refractivity contribution >= 4 is 11.9 Å². The van der Waals surface area contributed by atoms with Crippen molar-refractivity contribution in [2.24, 2.45) is 0 Å². The fourth-order valence-corrected chi connectivity index (χ4v) is 1.51. The number of likely N-dealkylation sites (N-methyl/N-ethyl adjacent to an activating group) is 1. The van der Waals surface area contributed by atoms with Crippen molar-refractivity contribution in [1.29, 1.82) is 0 Å². The molecule has 0 aliphatic rings. The van der Waals surface area contributed by atoms with Gasteiger partial charge in [-0.2, -0.15) is 0 Å². The molecule has 0 spiro atoms. The van der Waals surface area contributed by atoms with Crippen LogP contribution in [0.4, 0.5) is 11.9 Å². The van der Waals surface area contributed by atoms with E-state index in [2.05, 4.69) is 44.2 Å². The van der Waals surface area contributed by atoms with Gasteiger partial charge in [-0.05, 0) is 27.1 Å². The highest BCUT2D eigenvalue weighted by Gasteiger charge is 2.03. The first-order valence-corrected chi connectivity index (χ1v) is 5.89. The van der Waals surface area contributed by atoms with Gasteiger partial charge in [0.15, 0.2) is 0 Å². The minimum atomic E-state index is 0.559. The second kappa shape index (κ2) is 5.59. The second-order valence-electron chi connectivity index (χ2n) is 4.46. The molecule has 0 saturated heterocycles. The molecule has 2 rings (SSSR count). The number of imidazole rings is 1. The Kier molecular flexibility index (Phi) is 3.88. The minimum Gasteiger partial charge on any atom is -0.328 e. The molecule has 2 aromatic rings. The molecule has 0 aliphatic heterocycles. The van der Waals surface area contributed by atoms with Crippen molar-refractivity contribution in [3.63, 3.8) is 0 Å². The number of hydrogen-bond acceptors (Lipinski definition) is 5. The molecule has 2 heterocycles. The molecule has 0 atom stereocenters. The zero-order valence-electron chi connectivity index (χ0n) is 10.9. The molecule has 0 unspecified atom stereocenters. The molecular formula is C12H18N6. The molecular weight excluding hydrogens is 228 g/mol. The number of nitrogens with zero attached hydrogens (tertiary/aromatic N) is 4.